The normalized spacial score (nSPS) is 12.4. The van der Waals surface area contributed by atoms with Crippen molar-refractivity contribution in [3.05, 3.63) is 60.2 Å². The Kier molecular flexibility index (Phi) is 5.43. The first-order chi connectivity index (χ1) is 10.3. The minimum Gasteiger partial charge on any atom is -0.456 e. The zero-order valence-electron chi connectivity index (χ0n) is 14.5. The zero-order chi connectivity index (χ0) is 16.2. The van der Waals surface area contributed by atoms with E-state index in [2.05, 4.69) is 87.3 Å². The van der Waals surface area contributed by atoms with Crippen molar-refractivity contribution in [3.63, 3.8) is 0 Å². The van der Waals surface area contributed by atoms with Gasteiger partial charge >= 0.3 is 0 Å². The van der Waals surface area contributed by atoms with Crippen LogP contribution in [0.15, 0.2) is 54.6 Å². The van der Waals surface area contributed by atoms with E-state index < -0.39 is 16.6 Å². The predicted molar refractivity (Wildman–Crippen MR) is 102 cm³/mol. The lowest BCUT2D eigenvalue weighted by Gasteiger charge is -2.31. The van der Waals surface area contributed by atoms with Gasteiger partial charge in [0.15, 0.2) is 16.6 Å². The molecular formula is C19H28OSi2. The van der Waals surface area contributed by atoms with Crippen LogP contribution in [0, 0.1) is 0 Å². The molecule has 0 saturated heterocycles. The monoisotopic (exact) mass is 328 g/mol. The van der Waals surface area contributed by atoms with Gasteiger partial charge in [0.25, 0.3) is 0 Å². The highest BCUT2D eigenvalue weighted by Gasteiger charge is 2.29. The summed E-state index contributed by atoms with van der Waals surface area (Å²) in [6, 6.07) is 20.8. The lowest BCUT2D eigenvalue weighted by Crippen LogP contribution is -2.42. The maximum Gasteiger partial charge on any atom is 0.173 e. The van der Waals surface area contributed by atoms with Gasteiger partial charge in [-0.15, -0.1) is 0 Å². The van der Waals surface area contributed by atoms with Gasteiger partial charge < -0.3 is 4.12 Å². The van der Waals surface area contributed by atoms with Crippen molar-refractivity contribution in [1.29, 1.82) is 0 Å². The van der Waals surface area contributed by atoms with E-state index in [0.717, 1.165) is 6.42 Å². The Morgan fingerprint density at radius 1 is 0.727 bits per heavy atom. The summed E-state index contributed by atoms with van der Waals surface area (Å²) in [6.45, 7) is 11.6. The molecule has 0 N–H and O–H groups in total. The van der Waals surface area contributed by atoms with Crippen LogP contribution in [-0.4, -0.2) is 16.6 Å². The summed E-state index contributed by atoms with van der Waals surface area (Å²) < 4.78 is 6.42. The summed E-state index contributed by atoms with van der Waals surface area (Å²) in [7, 11) is -2.96. The molecule has 118 valence electrons. The highest BCUT2D eigenvalue weighted by Crippen LogP contribution is 2.23. The summed E-state index contributed by atoms with van der Waals surface area (Å²) in [5.41, 5.74) is 3.99. The third-order valence-corrected chi connectivity index (χ3v) is 9.77. The Balaban J connectivity index is 1.97. The lowest BCUT2D eigenvalue weighted by molar-refractivity contribution is 0.547. The Hall–Kier alpha value is -1.17. The van der Waals surface area contributed by atoms with E-state index in [9.17, 15) is 0 Å². The second kappa shape index (κ2) is 6.94. The first-order valence-electron chi connectivity index (χ1n) is 8.10. The van der Waals surface area contributed by atoms with E-state index in [-0.39, 0.29) is 0 Å². The van der Waals surface area contributed by atoms with Crippen LogP contribution in [0.2, 0.25) is 38.8 Å². The molecule has 0 aliphatic carbocycles. The molecule has 2 aromatic rings. The topological polar surface area (TPSA) is 9.23 Å². The predicted octanol–water partition coefficient (Wildman–Crippen LogP) is 5.95. The minimum absolute atomic E-state index is 1.12. The number of hydrogen-bond donors (Lipinski definition) is 0. The molecule has 22 heavy (non-hydrogen) atoms. The molecule has 0 atom stereocenters. The average Bonchev–Trinajstić information content (AvgIpc) is 2.44. The van der Waals surface area contributed by atoms with Gasteiger partial charge in [0.05, 0.1) is 0 Å². The fraction of sp³-hybridized carbons (Fsp3) is 0.368. The molecule has 0 aromatic heterocycles. The summed E-state index contributed by atoms with van der Waals surface area (Å²) in [6.07, 6.45) is 1.12. The molecule has 1 nitrogen and oxygen atoms in total. The van der Waals surface area contributed by atoms with Crippen molar-refractivity contribution in [2.75, 3.05) is 0 Å². The number of benzene rings is 2. The van der Waals surface area contributed by atoms with Gasteiger partial charge in [-0.1, -0.05) is 54.6 Å². The van der Waals surface area contributed by atoms with Crippen molar-refractivity contribution in [1.82, 2.24) is 0 Å². The van der Waals surface area contributed by atoms with Crippen LogP contribution in [0.3, 0.4) is 0 Å². The van der Waals surface area contributed by atoms with Gasteiger partial charge in [0.2, 0.25) is 0 Å². The second-order valence-corrected chi connectivity index (χ2v) is 16.6. The van der Waals surface area contributed by atoms with Gasteiger partial charge in [-0.3, -0.25) is 0 Å². The molecule has 0 aliphatic heterocycles. The molecule has 0 aliphatic rings. The summed E-state index contributed by atoms with van der Waals surface area (Å²) in [5.74, 6) is 0. The van der Waals surface area contributed by atoms with E-state index in [1.54, 1.807) is 0 Å². The maximum atomic E-state index is 6.42. The van der Waals surface area contributed by atoms with E-state index in [0.29, 0.717) is 0 Å². The largest absolute Gasteiger partial charge is 0.456 e. The first kappa shape index (κ1) is 17.2. The molecule has 0 fully saturated rings. The van der Waals surface area contributed by atoms with Crippen LogP contribution < -0.4 is 0 Å². The van der Waals surface area contributed by atoms with Crippen LogP contribution in [0.25, 0.3) is 11.1 Å². The van der Waals surface area contributed by atoms with Gasteiger partial charge in [0, 0.05) is 0 Å². The van der Waals surface area contributed by atoms with Crippen LogP contribution in [0.1, 0.15) is 5.56 Å². The van der Waals surface area contributed by atoms with Crippen molar-refractivity contribution >= 4 is 16.6 Å². The molecule has 0 bridgehead atoms. The number of aryl methyl sites for hydroxylation is 1. The minimum atomic E-state index is -1.54. The Bertz CT molecular complexity index is 583. The molecule has 0 amide bonds. The van der Waals surface area contributed by atoms with Crippen LogP contribution in [0.4, 0.5) is 0 Å². The van der Waals surface area contributed by atoms with Crippen molar-refractivity contribution in [2.24, 2.45) is 0 Å². The zero-order valence-corrected chi connectivity index (χ0v) is 16.5. The fourth-order valence-corrected chi connectivity index (χ4v) is 10.7. The molecule has 0 spiro atoms. The molecular weight excluding hydrogens is 300 g/mol. The molecule has 0 radical (unpaired) electrons. The average molecular weight is 329 g/mol. The SMILES string of the molecule is C[Si](C)(C)O[Si](C)(C)CCc1ccc(-c2ccccc2)cc1. The first-order valence-corrected chi connectivity index (χ1v) is 14.6. The highest BCUT2D eigenvalue weighted by atomic mass is 28.4. The lowest BCUT2D eigenvalue weighted by atomic mass is 10.0. The summed E-state index contributed by atoms with van der Waals surface area (Å²) in [4.78, 5) is 0. The Morgan fingerprint density at radius 3 is 1.82 bits per heavy atom. The molecule has 0 unspecified atom stereocenters. The smallest absolute Gasteiger partial charge is 0.173 e. The number of rotatable bonds is 6. The second-order valence-electron chi connectivity index (χ2n) is 7.54. The van der Waals surface area contributed by atoms with Gasteiger partial charge in [0.1, 0.15) is 0 Å². The van der Waals surface area contributed by atoms with Crippen LogP contribution in [-0.2, 0) is 10.5 Å². The molecule has 2 aromatic carbocycles. The highest BCUT2D eigenvalue weighted by molar-refractivity contribution is 6.84. The third-order valence-electron chi connectivity index (χ3n) is 3.66. The maximum absolute atomic E-state index is 6.42. The molecule has 0 saturated carbocycles. The van der Waals surface area contributed by atoms with Crippen molar-refractivity contribution in [2.45, 2.75) is 45.2 Å². The molecule has 0 heterocycles. The van der Waals surface area contributed by atoms with Crippen molar-refractivity contribution in [3.8, 4) is 11.1 Å². The fourth-order valence-electron chi connectivity index (χ4n) is 2.82. The quantitative estimate of drug-likeness (QED) is 0.595. The third kappa shape index (κ3) is 5.56. The van der Waals surface area contributed by atoms with Crippen LogP contribution >= 0.6 is 0 Å². The molecule has 3 heteroatoms. The van der Waals surface area contributed by atoms with E-state index >= 15 is 0 Å². The Labute approximate surface area is 137 Å². The Morgan fingerprint density at radius 2 is 1.27 bits per heavy atom. The van der Waals surface area contributed by atoms with E-state index in [4.69, 9.17) is 4.12 Å². The number of hydrogen-bond acceptors (Lipinski definition) is 1. The van der Waals surface area contributed by atoms with E-state index in [1.807, 2.05) is 0 Å². The summed E-state index contributed by atoms with van der Waals surface area (Å²) >= 11 is 0. The molecule has 2 rings (SSSR count). The van der Waals surface area contributed by atoms with Gasteiger partial charge in [-0.25, -0.2) is 0 Å². The van der Waals surface area contributed by atoms with E-state index in [1.165, 1.54) is 22.7 Å². The van der Waals surface area contributed by atoms with Crippen LogP contribution in [0.5, 0.6) is 0 Å². The van der Waals surface area contributed by atoms with Gasteiger partial charge in [-0.05, 0) is 61.9 Å². The summed E-state index contributed by atoms with van der Waals surface area (Å²) in [5, 5.41) is 0. The van der Waals surface area contributed by atoms with Gasteiger partial charge in [-0.2, -0.15) is 0 Å². The van der Waals surface area contributed by atoms with Crippen molar-refractivity contribution < 1.29 is 4.12 Å². The standard InChI is InChI=1S/C19H28OSi2/c1-21(2,3)20-22(4,5)16-15-17-11-13-19(14-12-17)18-9-7-6-8-10-18/h6-14H,15-16H2,1-5H3.